The fraction of sp³-hybridized carbons (Fsp3) is 0.393. The molecule has 0 aromatic heterocycles. The standard InChI is InChI=1S/C23H29.C5H5.2ClH.Zr/c1-14-9-16-11-17-10-15(2)21(23(6,7)8)13-19(17)18(16)12-20(14)22(3,4)5;1-2-4-5-3-1;;;/h9-13H,1-8H3;1-3H,4H2;2*1H;/q2*-1;;;+4/p-2. The summed E-state index contributed by atoms with van der Waals surface area (Å²) in [6.07, 6.45) is 10.0. The van der Waals surface area contributed by atoms with Gasteiger partial charge in [-0.1, -0.05) is 75.9 Å². The van der Waals surface area contributed by atoms with Gasteiger partial charge in [0.05, 0.1) is 0 Å². The molecule has 0 spiro atoms. The van der Waals surface area contributed by atoms with Crippen molar-refractivity contribution in [2.75, 3.05) is 0 Å². The Morgan fingerprint density at radius 3 is 1.42 bits per heavy atom. The van der Waals surface area contributed by atoms with Gasteiger partial charge in [0.15, 0.2) is 0 Å². The van der Waals surface area contributed by atoms with Crippen molar-refractivity contribution in [3.63, 3.8) is 0 Å². The zero-order chi connectivity index (χ0) is 20.7. The van der Waals surface area contributed by atoms with Crippen molar-refractivity contribution in [2.45, 2.75) is 72.6 Å². The minimum Gasteiger partial charge on any atom is -1.00 e. The van der Waals surface area contributed by atoms with Gasteiger partial charge in [0.25, 0.3) is 0 Å². The molecule has 3 aromatic carbocycles. The predicted octanol–water partition coefficient (Wildman–Crippen LogP) is 2.23. The van der Waals surface area contributed by atoms with Gasteiger partial charge < -0.3 is 24.8 Å². The molecule has 0 N–H and O–H groups in total. The van der Waals surface area contributed by atoms with Crippen LogP contribution in [0.15, 0.2) is 48.6 Å². The third kappa shape index (κ3) is 6.87. The maximum Gasteiger partial charge on any atom is 4.00 e. The van der Waals surface area contributed by atoms with Crippen LogP contribution >= 0.6 is 0 Å². The molecule has 0 bridgehead atoms. The van der Waals surface area contributed by atoms with Crippen molar-refractivity contribution in [3.05, 3.63) is 76.9 Å². The normalized spacial score (nSPS) is 12.6. The van der Waals surface area contributed by atoms with Gasteiger partial charge in [-0.05, 0) is 24.7 Å². The zero-order valence-electron chi connectivity index (χ0n) is 20.1. The molecule has 0 saturated carbocycles. The van der Waals surface area contributed by atoms with Gasteiger partial charge in [-0.15, -0.1) is 46.2 Å². The molecular weight excluding hydrogens is 498 g/mol. The fourth-order valence-corrected chi connectivity index (χ4v) is 4.29. The van der Waals surface area contributed by atoms with Crippen LogP contribution in [0, 0.1) is 19.9 Å². The van der Waals surface area contributed by atoms with Crippen LogP contribution in [-0.4, -0.2) is 0 Å². The molecule has 0 aliphatic heterocycles. The summed E-state index contributed by atoms with van der Waals surface area (Å²) in [6.45, 7) is 18.3. The van der Waals surface area contributed by atoms with Crippen LogP contribution in [0.25, 0.3) is 21.5 Å². The number of aryl methyl sites for hydroxylation is 2. The number of hydrogen-bond acceptors (Lipinski definition) is 0. The van der Waals surface area contributed by atoms with Crippen LogP contribution in [0.3, 0.4) is 0 Å². The average molecular weight is 533 g/mol. The van der Waals surface area contributed by atoms with Crippen LogP contribution in [0.2, 0.25) is 0 Å². The molecule has 31 heavy (non-hydrogen) atoms. The second-order valence-electron chi connectivity index (χ2n) is 10.2. The Morgan fingerprint density at radius 2 is 1.16 bits per heavy atom. The van der Waals surface area contributed by atoms with Gasteiger partial charge in [0, 0.05) is 0 Å². The van der Waals surface area contributed by atoms with E-state index in [4.69, 9.17) is 0 Å². The molecule has 0 fully saturated rings. The zero-order valence-corrected chi connectivity index (χ0v) is 24.1. The van der Waals surface area contributed by atoms with Crippen LogP contribution in [0.4, 0.5) is 0 Å². The molecule has 3 heteroatoms. The van der Waals surface area contributed by atoms with E-state index < -0.39 is 0 Å². The molecule has 4 rings (SSSR count). The van der Waals surface area contributed by atoms with Crippen molar-refractivity contribution >= 4 is 21.5 Å². The van der Waals surface area contributed by atoms with E-state index in [1.807, 2.05) is 12.2 Å². The molecule has 0 amide bonds. The first-order valence-corrected chi connectivity index (χ1v) is 10.4. The molecule has 0 radical (unpaired) electrons. The summed E-state index contributed by atoms with van der Waals surface area (Å²) in [7, 11) is 0. The van der Waals surface area contributed by atoms with Gasteiger partial charge >= 0.3 is 26.2 Å². The number of hydrogen-bond donors (Lipinski definition) is 0. The molecule has 0 nitrogen and oxygen atoms in total. The third-order valence-electron chi connectivity index (χ3n) is 5.60. The summed E-state index contributed by atoms with van der Waals surface area (Å²) in [5.41, 5.74) is 6.06. The van der Waals surface area contributed by atoms with Crippen molar-refractivity contribution in [2.24, 2.45) is 0 Å². The number of fused-ring (bicyclic) bond motifs is 3. The third-order valence-corrected chi connectivity index (χ3v) is 5.60. The van der Waals surface area contributed by atoms with E-state index in [2.05, 4.69) is 97.9 Å². The first-order chi connectivity index (χ1) is 13.0. The smallest absolute Gasteiger partial charge is 1.00 e. The monoisotopic (exact) mass is 530 g/mol. The second-order valence-corrected chi connectivity index (χ2v) is 10.2. The molecule has 0 heterocycles. The molecule has 0 saturated heterocycles. The van der Waals surface area contributed by atoms with Crippen molar-refractivity contribution in [3.8, 4) is 0 Å². The first kappa shape index (κ1) is 30.3. The van der Waals surface area contributed by atoms with Gasteiger partial charge in [-0.25, -0.2) is 12.2 Å². The average Bonchev–Trinajstić information content (AvgIpc) is 3.21. The Morgan fingerprint density at radius 1 is 0.742 bits per heavy atom. The molecule has 0 unspecified atom stereocenters. The minimum atomic E-state index is 0. The van der Waals surface area contributed by atoms with Crippen LogP contribution in [0.5, 0.6) is 0 Å². The second kappa shape index (κ2) is 11.4. The Labute approximate surface area is 220 Å². The largest absolute Gasteiger partial charge is 4.00 e. The number of allylic oxidation sites excluding steroid dienone is 4. The summed E-state index contributed by atoms with van der Waals surface area (Å²) in [6, 6.07) is 11.9. The summed E-state index contributed by atoms with van der Waals surface area (Å²) in [5, 5.41) is 5.55. The Balaban J connectivity index is 0.000000995. The SMILES string of the molecule is Cc1cc2[cH-]c3cc(C)c(C(C)(C)C)cc3c2cc1C(C)(C)C.[C-]1=CC=CC1.[Cl-].[Cl-].[Zr+4]. The van der Waals surface area contributed by atoms with Crippen LogP contribution in [-0.2, 0) is 37.0 Å². The van der Waals surface area contributed by atoms with E-state index >= 15 is 0 Å². The van der Waals surface area contributed by atoms with E-state index in [0.29, 0.717) is 0 Å². The topological polar surface area (TPSA) is 0 Å². The minimum absolute atomic E-state index is 0. The van der Waals surface area contributed by atoms with Gasteiger partial charge in [0.2, 0.25) is 0 Å². The quantitative estimate of drug-likeness (QED) is 0.390. The summed E-state index contributed by atoms with van der Waals surface area (Å²) >= 11 is 0. The number of halogens is 2. The fourth-order valence-electron chi connectivity index (χ4n) is 4.29. The van der Waals surface area contributed by atoms with Gasteiger partial charge in [-0.3, -0.25) is 6.08 Å². The van der Waals surface area contributed by atoms with Gasteiger partial charge in [0.1, 0.15) is 0 Å². The van der Waals surface area contributed by atoms with Crippen LogP contribution in [0.1, 0.15) is 70.2 Å². The van der Waals surface area contributed by atoms with Crippen molar-refractivity contribution < 1.29 is 51.0 Å². The van der Waals surface area contributed by atoms with Crippen molar-refractivity contribution in [1.29, 1.82) is 0 Å². The van der Waals surface area contributed by atoms with E-state index in [0.717, 1.165) is 6.42 Å². The summed E-state index contributed by atoms with van der Waals surface area (Å²) in [5.74, 6) is 0. The van der Waals surface area contributed by atoms with Gasteiger partial charge in [-0.2, -0.15) is 6.08 Å². The molecule has 1 aliphatic rings. The van der Waals surface area contributed by atoms with E-state index in [1.54, 1.807) is 0 Å². The van der Waals surface area contributed by atoms with Crippen LogP contribution < -0.4 is 24.8 Å². The van der Waals surface area contributed by atoms with Crippen molar-refractivity contribution in [1.82, 2.24) is 0 Å². The number of benzene rings is 2. The summed E-state index contributed by atoms with van der Waals surface area (Å²) in [4.78, 5) is 0. The number of rotatable bonds is 0. The Kier molecular flexibility index (Phi) is 11.1. The van der Waals surface area contributed by atoms with E-state index in [1.165, 1.54) is 43.8 Å². The molecule has 0 atom stereocenters. The maximum atomic E-state index is 2.99. The Bertz CT molecular complexity index is 986. The maximum absolute atomic E-state index is 2.99. The summed E-state index contributed by atoms with van der Waals surface area (Å²) < 4.78 is 0. The van der Waals surface area contributed by atoms with E-state index in [9.17, 15) is 0 Å². The molecular formula is C28H34Cl2Zr. The molecule has 164 valence electrons. The molecule has 1 aliphatic carbocycles. The predicted molar refractivity (Wildman–Crippen MR) is 125 cm³/mol. The first-order valence-electron chi connectivity index (χ1n) is 10.4. The Hall–Kier alpha value is -0.747. The molecule has 3 aromatic rings. The van der Waals surface area contributed by atoms with E-state index in [-0.39, 0.29) is 61.8 Å².